The summed E-state index contributed by atoms with van der Waals surface area (Å²) in [6.07, 6.45) is 3.66. The van der Waals surface area contributed by atoms with Crippen LogP contribution in [-0.2, 0) is 9.47 Å². The van der Waals surface area contributed by atoms with Crippen molar-refractivity contribution in [3.63, 3.8) is 0 Å². The lowest BCUT2D eigenvalue weighted by molar-refractivity contribution is 0.0149. The molecule has 12 heavy (non-hydrogen) atoms. The van der Waals surface area contributed by atoms with Crippen molar-refractivity contribution in [2.75, 3.05) is 20.4 Å². The fourth-order valence-corrected chi connectivity index (χ4v) is 1.40. The molecule has 2 atom stereocenters. The third-order valence-corrected chi connectivity index (χ3v) is 2.10. The van der Waals surface area contributed by atoms with E-state index in [0.717, 1.165) is 0 Å². The summed E-state index contributed by atoms with van der Waals surface area (Å²) in [4.78, 5) is 0. The summed E-state index contributed by atoms with van der Waals surface area (Å²) in [5, 5.41) is 1.81. The number of ether oxygens (including phenoxy) is 2. The van der Waals surface area contributed by atoms with E-state index < -0.39 is 5.66 Å². The van der Waals surface area contributed by atoms with Crippen LogP contribution in [0.5, 0.6) is 0 Å². The smallest absolute Gasteiger partial charge is 0.147 e. The van der Waals surface area contributed by atoms with Gasteiger partial charge in [-0.3, -0.25) is 0 Å². The molecule has 2 aliphatic rings. The molecule has 0 aromatic carbocycles. The van der Waals surface area contributed by atoms with Gasteiger partial charge in [-0.15, -0.1) is 0 Å². The molecular formula is C7H13N3O2. The first-order valence-corrected chi connectivity index (χ1v) is 3.89. The normalized spacial score (nSPS) is 41.2. The Bertz CT molecular complexity index is 203. The first-order chi connectivity index (χ1) is 5.71. The zero-order chi connectivity index (χ0) is 8.60. The Morgan fingerprint density at radius 1 is 1.75 bits per heavy atom. The Labute approximate surface area is 71.1 Å². The average molecular weight is 171 g/mol. The maximum atomic E-state index is 6.01. The largest absolute Gasteiger partial charge is 0.353 e. The number of hydrazine groups is 1. The minimum Gasteiger partial charge on any atom is -0.353 e. The molecule has 2 aliphatic heterocycles. The van der Waals surface area contributed by atoms with Gasteiger partial charge in [0.05, 0.1) is 6.61 Å². The highest BCUT2D eigenvalue weighted by molar-refractivity contribution is 5.11. The van der Waals surface area contributed by atoms with Gasteiger partial charge in [-0.2, -0.15) is 0 Å². The summed E-state index contributed by atoms with van der Waals surface area (Å²) in [7, 11) is 1.89. The zero-order valence-electron chi connectivity index (χ0n) is 6.99. The van der Waals surface area contributed by atoms with Crippen LogP contribution in [-0.4, -0.2) is 37.2 Å². The Balaban J connectivity index is 2.06. The second-order valence-electron chi connectivity index (χ2n) is 3.12. The van der Waals surface area contributed by atoms with Crippen molar-refractivity contribution in [1.82, 2.24) is 10.4 Å². The minimum atomic E-state index is -0.606. The molecule has 68 valence electrons. The zero-order valence-corrected chi connectivity index (χ0v) is 6.99. The van der Waals surface area contributed by atoms with Gasteiger partial charge in [-0.1, -0.05) is 0 Å². The van der Waals surface area contributed by atoms with Gasteiger partial charge in [0, 0.05) is 13.2 Å². The lowest BCUT2D eigenvalue weighted by Gasteiger charge is -2.29. The van der Waals surface area contributed by atoms with Gasteiger partial charge >= 0.3 is 0 Å². The second kappa shape index (κ2) is 2.70. The number of hydrogen-bond acceptors (Lipinski definition) is 5. The van der Waals surface area contributed by atoms with Crippen LogP contribution < -0.4 is 11.2 Å². The molecule has 5 nitrogen and oxygen atoms in total. The molecule has 0 spiro atoms. The fraction of sp³-hybridized carbons (Fsp3) is 0.714. The maximum absolute atomic E-state index is 6.01. The van der Waals surface area contributed by atoms with Crippen LogP contribution in [0.1, 0.15) is 0 Å². The lowest BCUT2D eigenvalue weighted by atomic mass is 10.1. The van der Waals surface area contributed by atoms with E-state index in [1.54, 1.807) is 0 Å². The molecule has 2 unspecified atom stereocenters. The first-order valence-electron chi connectivity index (χ1n) is 3.89. The van der Waals surface area contributed by atoms with E-state index in [0.29, 0.717) is 13.4 Å². The van der Waals surface area contributed by atoms with E-state index in [2.05, 4.69) is 5.43 Å². The molecule has 2 heterocycles. The van der Waals surface area contributed by atoms with Crippen molar-refractivity contribution < 1.29 is 9.47 Å². The van der Waals surface area contributed by atoms with E-state index in [4.69, 9.17) is 15.2 Å². The highest BCUT2D eigenvalue weighted by Crippen LogP contribution is 2.19. The minimum absolute atomic E-state index is 0.0984. The van der Waals surface area contributed by atoms with Gasteiger partial charge in [0.2, 0.25) is 0 Å². The lowest BCUT2D eigenvalue weighted by Crippen LogP contribution is -2.61. The van der Waals surface area contributed by atoms with Gasteiger partial charge in [-0.25, -0.2) is 5.43 Å². The third kappa shape index (κ3) is 1.21. The summed E-state index contributed by atoms with van der Waals surface area (Å²) in [6.45, 7) is 0.879. The SMILES string of the molecule is CN1C=CC(N)(C2COCO2)N1. The molecule has 1 fully saturated rings. The molecule has 0 aromatic rings. The number of nitrogens with two attached hydrogens (primary N) is 1. The molecule has 0 amide bonds. The summed E-state index contributed by atoms with van der Waals surface area (Å²) in [6, 6.07) is 0. The standard InChI is InChI=1S/C7H13N3O2/c1-10-3-2-7(8,9-10)6-4-11-5-12-6/h2-3,6,9H,4-5,8H2,1H3. The first kappa shape index (κ1) is 8.00. The van der Waals surface area contributed by atoms with E-state index in [1.165, 1.54) is 0 Å². The van der Waals surface area contributed by atoms with Crippen molar-refractivity contribution in [3.05, 3.63) is 12.3 Å². The monoisotopic (exact) mass is 171 g/mol. The quantitative estimate of drug-likeness (QED) is 0.528. The van der Waals surface area contributed by atoms with Crippen molar-refractivity contribution >= 4 is 0 Å². The van der Waals surface area contributed by atoms with Crippen LogP contribution in [0.4, 0.5) is 0 Å². The van der Waals surface area contributed by atoms with E-state index in [-0.39, 0.29) is 6.10 Å². The molecule has 3 N–H and O–H groups in total. The molecule has 2 rings (SSSR count). The molecule has 0 aliphatic carbocycles. The van der Waals surface area contributed by atoms with Crippen LogP contribution in [0.3, 0.4) is 0 Å². The molecule has 1 saturated heterocycles. The van der Waals surface area contributed by atoms with Crippen LogP contribution in [0.25, 0.3) is 0 Å². The van der Waals surface area contributed by atoms with Crippen LogP contribution in [0, 0.1) is 0 Å². The topological polar surface area (TPSA) is 59.8 Å². The Morgan fingerprint density at radius 2 is 2.58 bits per heavy atom. The van der Waals surface area contributed by atoms with Crippen LogP contribution in [0.15, 0.2) is 12.3 Å². The molecule has 0 bridgehead atoms. The number of rotatable bonds is 1. The fourth-order valence-electron chi connectivity index (χ4n) is 1.40. The van der Waals surface area contributed by atoms with Crippen LogP contribution in [0.2, 0.25) is 0 Å². The van der Waals surface area contributed by atoms with Gasteiger partial charge in [0.1, 0.15) is 18.6 Å². The van der Waals surface area contributed by atoms with Crippen LogP contribution >= 0.6 is 0 Å². The van der Waals surface area contributed by atoms with Crippen molar-refractivity contribution in [2.24, 2.45) is 5.73 Å². The van der Waals surface area contributed by atoms with Crippen molar-refractivity contribution in [2.45, 2.75) is 11.8 Å². The summed E-state index contributed by atoms with van der Waals surface area (Å²) < 4.78 is 10.4. The predicted octanol–water partition coefficient (Wildman–Crippen LogP) is -1.02. The summed E-state index contributed by atoms with van der Waals surface area (Å²) >= 11 is 0. The van der Waals surface area contributed by atoms with E-state index in [9.17, 15) is 0 Å². The Hall–Kier alpha value is -0.620. The van der Waals surface area contributed by atoms with Crippen molar-refractivity contribution in [1.29, 1.82) is 0 Å². The third-order valence-electron chi connectivity index (χ3n) is 2.10. The second-order valence-corrected chi connectivity index (χ2v) is 3.12. The predicted molar refractivity (Wildman–Crippen MR) is 42.6 cm³/mol. The maximum Gasteiger partial charge on any atom is 0.147 e. The highest BCUT2D eigenvalue weighted by Gasteiger charge is 2.39. The van der Waals surface area contributed by atoms with Gasteiger partial charge in [-0.05, 0) is 6.08 Å². The number of nitrogens with one attached hydrogen (secondary N) is 1. The summed E-state index contributed by atoms with van der Waals surface area (Å²) in [5.41, 5.74) is 8.47. The van der Waals surface area contributed by atoms with Gasteiger partial charge in [0.25, 0.3) is 0 Å². The molecule has 0 saturated carbocycles. The van der Waals surface area contributed by atoms with Gasteiger partial charge < -0.3 is 20.2 Å². The number of nitrogens with zero attached hydrogens (tertiary/aromatic N) is 1. The Kier molecular flexibility index (Phi) is 1.80. The van der Waals surface area contributed by atoms with Crippen molar-refractivity contribution in [3.8, 4) is 0 Å². The average Bonchev–Trinajstić information content (AvgIpc) is 2.59. The van der Waals surface area contributed by atoms with Gasteiger partial charge in [0.15, 0.2) is 0 Å². The summed E-state index contributed by atoms with van der Waals surface area (Å²) in [5.74, 6) is 0. The number of hydrogen-bond donors (Lipinski definition) is 2. The molecule has 0 aromatic heterocycles. The molecular weight excluding hydrogens is 158 g/mol. The molecule has 0 radical (unpaired) electrons. The van der Waals surface area contributed by atoms with E-state index in [1.807, 2.05) is 24.3 Å². The van der Waals surface area contributed by atoms with E-state index >= 15 is 0 Å². The Morgan fingerprint density at radius 3 is 3.08 bits per heavy atom. The molecule has 5 heteroatoms. The highest BCUT2D eigenvalue weighted by atomic mass is 16.7.